The van der Waals surface area contributed by atoms with E-state index in [0.29, 0.717) is 13.2 Å². The van der Waals surface area contributed by atoms with Gasteiger partial charge in [-0.05, 0) is 12.8 Å². The van der Waals surface area contributed by atoms with Gasteiger partial charge in [0.2, 0.25) is 0 Å². The molecule has 0 aromatic carbocycles. The second-order valence-corrected chi connectivity index (χ2v) is 4.37. The average Bonchev–Trinajstić information content (AvgIpc) is 2.29. The van der Waals surface area contributed by atoms with Crippen LogP contribution in [0.2, 0.25) is 0 Å². The summed E-state index contributed by atoms with van der Waals surface area (Å²) in [5.41, 5.74) is 0. The number of hydrogen-bond acceptors (Lipinski definition) is 3. The summed E-state index contributed by atoms with van der Waals surface area (Å²) in [4.78, 5) is 13.4. The molecule has 94 valence electrons. The van der Waals surface area contributed by atoms with Crippen molar-refractivity contribution in [2.75, 3.05) is 19.8 Å². The Bertz CT molecular complexity index is 220. The third kappa shape index (κ3) is 3.46. The minimum Gasteiger partial charge on any atom is -0.480 e. The molecule has 0 amide bonds. The van der Waals surface area contributed by atoms with Gasteiger partial charge in [-0.15, -0.1) is 0 Å². The molecule has 1 N–H and O–H groups in total. The van der Waals surface area contributed by atoms with E-state index < -0.39 is 5.97 Å². The molecule has 1 rings (SSSR count). The molecule has 0 aromatic heterocycles. The largest absolute Gasteiger partial charge is 0.480 e. The van der Waals surface area contributed by atoms with Crippen LogP contribution in [0, 0.1) is 0 Å². The predicted molar refractivity (Wildman–Crippen MR) is 62.6 cm³/mol. The van der Waals surface area contributed by atoms with Crippen LogP contribution in [0.1, 0.15) is 39.5 Å². The number of ether oxygens (including phenoxy) is 1. The molecular weight excluding hydrogens is 206 g/mol. The molecule has 0 aliphatic carbocycles. The van der Waals surface area contributed by atoms with Gasteiger partial charge in [-0.25, -0.2) is 0 Å². The van der Waals surface area contributed by atoms with Gasteiger partial charge in [-0.2, -0.15) is 0 Å². The van der Waals surface area contributed by atoms with Gasteiger partial charge < -0.3 is 9.84 Å². The number of hydrogen-bond donors (Lipinski definition) is 1. The van der Waals surface area contributed by atoms with E-state index in [2.05, 4.69) is 18.7 Å². The van der Waals surface area contributed by atoms with Crippen molar-refractivity contribution in [3.63, 3.8) is 0 Å². The van der Waals surface area contributed by atoms with Crippen molar-refractivity contribution in [1.82, 2.24) is 4.90 Å². The Kier molecular flexibility index (Phi) is 5.77. The summed E-state index contributed by atoms with van der Waals surface area (Å²) in [7, 11) is 0. The molecule has 1 aliphatic heterocycles. The highest BCUT2D eigenvalue weighted by atomic mass is 16.5. The summed E-state index contributed by atoms with van der Waals surface area (Å²) in [6.07, 6.45) is 3.73. The van der Waals surface area contributed by atoms with Crippen LogP contribution in [0.4, 0.5) is 0 Å². The van der Waals surface area contributed by atoms with E-state index in [-0.39, 0.29) is 12.1 Å². The first kappa shape index (κ1) is 13.5. The first-order valence-electron chi connectivity index (χ1n) is 6.27. The Hall–Kier alpha value is -0.610. The standard InChI is InChI=1S/C12H23NO3/c1-3-5-6-11(12(14)15)13-7-8-16-9-10(13)4-2/h10-11H,3-9H2,1-2H3,(H,14,15). The Morgan fingerprint density at radius 3 is 2.88 bits per heavy atom. The van der Waals surface area contributed by atoms with Gasteiger partial charge in [0, 0.05) is 12.6 Å². The van der Waals surface area contributed by atoms with Crippen LogP contribution in [0.15, 0.2) is 0 Å². The summed E-state index contributed by atoms with van der Waals surface area (Å²) < 4.78 is 5.40. The number of carboxylic acid groups (broad SMARTS) is 1. The maximum Gasteiger partial charge on any atom is 0.320 e. The second kappa shape index (κ2) is 6.86. The molecular formula is C12H23NO3. The van der Waals surface area contributed by atoms with E-state index in [4.69, 9.17) is 4.74 Å². The summed E-state index contributed by atoms with van der Waals surface area (Å²) in [6, 6.07) is -0.0551. The molecule has 0 radical (unpaired) electrons. The summed E-state index contributed by atoms with van der Waals surface area (Å²) in [6.45, 7) is 6.26. The number of unbranched alkanes of at least 4 members (excludes halogenated alkanes) is 1. The normalized spacial score (nSPS) is 24.2. The Morgan fingerprint density at radius 2 is 2.31 bits per heavy atom. The van der Waals surface area contributed by atoms with Crippen molar-refractivity contribution in [2.24, 2.45) is 0 Å². The van der Waals surface area contributed by atoms with E-state index >= 15 is 0 Å². The van der Waals surface area contributed by atoms with Crippen molar-refractivity contribution < 1.29 is 14.6 Å². The van der Waals surface area contributed by atoms with E-state index in [1.54, 1.807) is 0 Å². The van der Waals surface area contributed by atoms with Crippen LogP contribution in [0.3, 0.4) is 0 Å². The average molecular weight is 229 g/mol. The van der Waals surface area contributed by atoms with Crippen molar-refractivity contribution in [3.8, 4) is 0 Å². The van der Waals surface area contributed by atoms with Crippen LogP contribution in [-0.4, -0.2) is 47.8 Å². The number of carbonyl (C=O) groups is 1. The fourth-order valence-corrected chi connectivity index (χ4v) is 2.26. The first-order valence-corrected chi connectivity index (χ1v) is 6.27. The minimum absolute atomic E-state index is 0.270. The van der Waals surface area contributed by atoms with E-state index in [1.165, 1.54) is 0 Å². The molecule has 1 aliphatic rings. The zero-order valence-electron chi connectivity index (χ0n) is 10.3. The Morgan fingerprint density at radius 1 is 1.56 bits per heavy atom. The summed E-state index contributed by atoms with van der Waals surface area (Å²) >= 11 is 0. The summed E-state index contributed by atoms with van der Waals surface area (Å²) in [5.74, 6) is -0.686. The predicted octanol–water partition coefficient (Wildman–Crippen LogP) is 1.74. The molecule has 4 heteroatoms. The zero-order valence-corrected chi connectivity index (χ0v) is 10.3. The van der Waals surface area contributed by atoms with E-state index in [1.807, 2.05) is 0 Å². The van der Waals surface area contributed by atoms with Crippen molar-refractivity contribution >= 4 is 5.97 Å². The molecule has 0 spiro atoms. The smallest absolute Gasteiger partial charge is 0.320 e. The van der Waals surface area contributed by atoms with Crippen molar-refractivity contribution in [2.45, 2.75) is 51.6 Å². The maximum atomic E-state index is 11.3. The van der Waals surface area contributed by atoms with E-state index in [0.717, 1.165) is 32.2 Å². The maximum absolute atomic E-state index is 11.3. The van der Waals surface area contributed by atoms with Crippen molar-refractivity contribution in [3.05, 3.63) is 0 Å². The van der Waals surface area contributed by atoms with Gasteiger partial charge in [0.25, 0.3) is 0 Å². The number of carboxylic acids is 1. The van der Waals surface area contributed by atoms with Crippen LogP contribution >= 0.6 is 0 Å². The molecule has 0 bridgehead atoms. The third-order valence-corrected chi connectivity index (χ3v) is 3.26. The lowest BCUT2D eigenvalue weighted by Gasteiger charge is -2.38. The van der Waals surface area contributed by atoms with Gasteiger partial charge >= 0.3 is 5.97 Å². The van der Waals surface area contributed by atoms with E-state index in [9.17, 15) is 9.90 Å². The third-order valence-electron chi connectivity index (χ3n) is 3.26. The first-order chi connectivity index (χ1) is 7.70. The molecule has 4 nitrogen and oxygen atoms in total. The van der Waals surface area contributed by atoms with Gasteiger partial charge in [-0.3, -0.25) is 9.69 Å². The molecule has 16 heavy (non-hydrogen) atoms. The number of morpholine rings is 1. The van der Waals surface area contributed by atoms with Crippen LogP contribution in [0.25, 0.3) is 0 Å². The summed E-state index contributed by atoms with van der Waals surface area (Å²) in [5, 5.41) is 9.28. The van der Waals surface area contributed by atoms with Crippen LogP contribution in [-0.2, 0) is 9.53 Å². The monoisotopic (exact) mass is 229 g/mol. The quantitative estimate of drug-likeness (QED) is 0.753. The SMILES string of the molecule is CCCCC(C(=O)O)N1CCOCC1CC. The second-order valence-electron chi connectivity index (χ2n) is 4.37. The van der Waals surface area contributed by atoms with Gasteiger partial charge in [0.1, 0.15) is 6.04 Å². The van der Waals surface area contributed by atoms with Gasteiger partial charge in [-0.1, -0.05) is 26.7 Å². The van der Waals surface area contributed by atoms with Gasteiger partial charge in [0.05, 0.1) is 13.2 Å². The molecule has 1 heterocycles. The fraction of sp³-hybridized carbons (Fsp3) is 0.917. The zero-order chi connectivity index (χ0) is 12.0. The lowest BCUT2D eigenvalue weighted by Crippen LogP contribution is -2.53. The minimum atomic E-state index is -0.686. The number of rotatable bonds is 6. The van der Waals surface area contributed by atoms with Crippen molar-refractivity contribution in [1.29, 1.82) is 0 Å². The topological polar surface area (TPSA) is 49.8 Å². The Labute approximate surface area is 97.6 Å². The number of nitrogens with zero attached hydrogens (tertiary/aromatic N) is 1. The lowest BCUT2D eigenvalue weighted by atomic mass is 10.0. The molecule has 2 unspecified atom stereocenters. The fourth-order valence-electron chi connectivity index (χ4n) is 2.26. The van der Waals surface area contributed by atoms with Crippen LogP contribution in [0.5, 0.6) is 0 Å². The molecule has 1 saturated heterocycles. The highest BCUT2D eigenvalue weighted by molar-refractivity contribution is 5.73. The van der Waals surface area contributed by atoms with Crippen LogP contribution < -0.4 is 0 Å². The molecule has 2 atom stereocenters. The molecule has 0 saturated carbocycles. The Balaban J connectivity index is 2.62. The highest BCUT2D eigenvalue weighted by Gasteiger charge is 2.32. The lowest BCUT2D eigenvalue weighted by molar-refractivity contribution is -0.148. The highest BCUT2D eigenvalue weighted by Crippen LogP contribution is 2.18. The molecule has 1 fully saturated rings. The number of aliphatic carboxylic acids is 1. The molecule has 0 aromatic rings. The van der Waals surface area contributed by atoms with Gasteiger partial charge in [0.15, 0.2) is 0 Å².